The van der Waals surface area contributed by atoms with Crippen molar-refractivity contribution in [3.05, 3.63) is 83.7 Å². The maximum Gasteiger partial charge on any atom is 0.258 e. The number of fused-ring (bicyclic) bond motifs is 3. The largest absolute Gasteiger partial charge is 0.361 e. The van der Waals surface area contributed by atoms with Crippen LogP contribution in [-0.2, 0) is 6.42 Å². The Morgan fingerprint density at radius 2 is 1.87 bits per heavy atom. The molecule has 30 heavy (non-hydrogen) atoms. The van der Waals surface area contributed by atoms with Gasteiger partial charge in [0.15, 0.2) is 0 Å². The van der Waals surface area contributed by atoms with Gasteiger partial charge in [-0.25, -0.2) is 0 Å². The van der Waals surface area contributed by atoms with Crippen LogP contribution in [0.25, 0.3) is 10.9 Å². The number of aromatic nitrogens is 1. The number of H-pyrrole nitrogens is 1. The van der Waals surface area contributed by atoms with E-state index in [4.69, 9.17) is 0 Å². The van der Waals surface area contributed by atoms with Crippen molar-refractivity contribution in [1.82, 2.24) is 14.8 Å². The second-order valence-corrected chi connectivity index (χ2v) is 8.26. The minimum absolute atomic E-state index is 0. The highest BCUT2D eigenvalue weighted by molar-refractivity contribution is 5.95. The summed E-state index contributed by atoms with van der Waals surface area (Å²) in [7, 11) is 2.21. The molecule has 2 unspecified atom stereocenters. The molecule has 5 heteroatoms. The van der Waals surface area contributed by atoms with Crippen molar-refractivity contribution in [2.45, 2.75) is 37.8 Å². The zero-order valence-corrected chi connectivity index (χ0v) is 18.1. The molecular weight excluding hydrogens is 394 g/mol. The van der Waals surface area contributed by atoms with Crippen molar-refractivity contribution in [3.63, 3.8) is 0 Å². The lowest BCUT2D eigenvalue weighted by Crippen LogP contribution is -2.41. The summed E-state index contributed by atoms with van der Waals surface area (Å²) in [5, 5.41) is 1.25. The normalized spacial score (nSPS) is 20.6. The van der Waals surface area contributed by atoms with Gasteiger partial charge in [0.05, 0.1) is 0 Å². The molecule has 1 aromatic heterocycles. The van der Waals surface area contributed by atoms with Gasteiger partial charge < -0.3 is 9.88 Å². The molecule has 0 radical (unpaired) electrons. The minimum atomic E-state index is 0. The summed E-state index contributed by atoms with van der Waals surface area (Å²) in [5.74, 6) is 0.112. The van der Waals surface area contributed by atoms with Crippen LogP contribution < -0.4 is 0 Å². The summed E-state index contributed by atoms with van der Waals surface area (Å²) >= 11 is 0. The summed E-state index contributed by atoms with van der Waals surface area (Å²) in [6, 6.07) is 19.1. The quantitative estimate of drug-likeness (QED) is 0.627. The van der Waals surface area contributed by atoms with Crippen LogP contribution >= 0.6 is 12.4 Å². The summed E-state index contributed by atoms with van der Waals surface area (Å²) in [4.78, 5) is 21.3. The van der Waals surface area contributed by atoms with E-state index in [9.17, 15) is 4.79 Å². The Morgan fingerprint density at radius 1 is 1.10 bits per heavy atom. The Labute approximate surface area is 184 Å². The zero-order valence-electron chi connectivity index (χ0n) is 17.3. The monoisotopic (exact) mass is 421 g/mol. The van der Waals surface area contributed by atoms with Crippen LogP contribution in [0, 0.1) is 0 Å². The SMILES string of the molecule is CN1C2C=C(N(CCc3c[nH]c4ccccc34)C(=O)c3ccccc3)CC1CC2.Cl. The third kappa shape index (κ3) is 3.78. The average Bonchev–Trinajstić information content (AvgIpc) is 3.24. The molecule has 2 aliphatic rings. The van der Waals surface area contributed by atoms with Gasteiger partial charge in [-0.3, -0.25) is 9.69 Å². The Bertz CT molecular complexity index is 1060. The summed E-state index contributed by atoms with van der Waals surface area (Å²) < 4.78 is 0. The lowest BCUT2D eigenvalue weighted by molar-refractivity contribution is 0.0788. The fourth-order valence-corrected chi connectivity index (χ4v) is 4.90. The van der Waals surface area contributed by atoms with E-state index in [1.54, 1.807) is 0 Å². The summed E-state index contributed by atoms with van der Waals surface area (Å²) in [5.41, 5.74) is 4.38. The predicted octanol–water partition coefficient (Wildman–Crippen LogP) is 5.03. The number of likely N-dealkylation sites (N-methyl/N-ethyl adjacent to an activating group) is 1. The number of nitrogens with one attached hydrogen (secondary N) is 1. The van der Waals surface area contributed by atoms with E-state index in [1.807, 2.05) is 41.3 Å². The Balaban J connectivity index is 0.00000218. The summed E-state index contributed by atoms with van der Waals surface area (Å²) in [6.45, 7) is 0.699. The highest BCUT2D eigenvalue weighted by Gasteiger charge is 2.36. The molecule has 4 nitrogen and oxygen atoms in total. The number of rotatable bonds is 5. The number of benzene rings is 2. The number of nitrogens with zero attached hydrogens (tertiary/aromatic N) is 2. The van der Waals surface area contributed by atoms with E-state index >= 15 is 0 Å². The minimum Gasteiger partial charge on any atom is -0.361 e. The fourth-order valence-electron chi connectivity index (χ4n) is 4.90. The number of carbonyl (C=O) groups is 1. The first kappa shape index (κ1) is 20.7. The molecule has 1 N–H and O–H groups in total. The highest BCUT2D eigenvalue weighted by Crippen LogP contribution is 2.35. The number of hydrogen-bond donors (Lipinski definition) is 1. The van der Waals surface area contributed by atoms with Gasteiger partial charge in [-0.05, 0) is 56.1 Å². The first-order valence-electron chi connectivity index (χ1n) is 10.6. The zero-order chi connectivity index (χ0) is 19.8. The number of halogens is 1. The number of aromatic amines is 1. The van der Waals surface area contributed by atoms with Crippen molar-refractivity contribution >= 4 is 29.2 Å². The maximum atomic E-state index is 13.4. The third-order valence-corrected chi connectivity index (χ3v) is 6.62. The third-order valence-electron chi connectivity index (χ3n) is 6.62. The van der Waals surface area contributed by atoms with Gasteiger partial charge in [0, 0.05) is 53.4 Å². The molecule has 3 aromatic rings. The molecule has 2 bridgehead atoms. The first-order valence-corrected chi connectivity index (χ1v) is 10.6. The molecule has 2 atom stereocenters. The fraction of sp³-hybridized carbons (Fsp3) is 0.320. The van der Waals surface area contributed by atoms with Crippen molar-refractivity contribution in [2.75, 3.05) is 13.6 Å². The van der Waals surface area contributed by atoms with E-state index in [2.05, 4.69) is 47.4 Å². The molecule has 3 heterocycles. The molecule has 1 fully saturated rings. The molecule has 1 amide bonds. The summed E-state index contributed by atoms with van der Waals surface area (Å²) in [6.07, 6.45) is 8.63. The molecule has 0 spiro atoms. The van der Waals surface area contributed by atoms with E-state index in [-0.39, 0.29) is 18.3 Å². The highest BCUT2D eigenvalue weighted by atomic mass is 35.5. The lowest BCUT2D eigenvalue weighted by atomic mass is 10.0. The molecule has 0 saturated carbocycles. The smallest absolute Gasteiger partial charge is 0.258 e. The lowest BCUT2D eigenvalue weighted by Gasteiger charge is -2.35. The van der Waals surface area contributed by atoms with Crippen LogP contribution in [0.4, 0.5) is 0 Å². The second-order valence-electron chi connectivity index (χ2n) is 8.26. The van der Waals surface area contributed by atoms with Crippen molar-refractivity contribution in [1.29, 1.82) is 0 Å². The van der Waals surface area contributed by atoms with Gasteiger partial charge in [0.2, 0.25) is 0 Å². The Morgan fingerprint density at radius 3 is 2.67 bits per heavy atom. The van der Waals surface area contributed by atoms with E-state index in [1.165, 1.54) is 29.5 Å². The molecule has 156 valence electrons. The van der Waals surface area contributed by atoms with E-state index in [0.717, 1.165) is 23.9 Å². The van der Waals surface area contributed by atoms with Gasteiger partial charge in [0.25, 0.3) is 5.91 Å². The molecular formula is C25H28ClN3O. The number of carbonyl (C=O) groups excluding carboxylic acids is 1. The predicted molar refractivity (Wildman–Crippen MR) is 124 cm³/mol. The van der Waals surface area contributed by atoms with Crippen molar-refractivity contribution in [2.24, 2.45) is 0 Å². The second kappa shape index (κ2) is 8.66. The van der Waals surface area contributed by atoms with Gasteiger partial charge in [-0.1, -0.05) is 36.4 Å². The number of para-hydroxylation sites is 1. The van der Waals surface area contributed by atoms with Crippen LogP contribution in [0.15, 0.2) is 72.6 Å². The van der Waals surface area contributed by atoms with Crippen LogP contribution in [-0.4, -0.2) is 46.4 Å². The van der Waals surface area contributed by atoms with E-state index < -0.39 is 0 Å². The van der Waals surface area contributed by atoms with Crippen LogP contribution in [0.5, 0.6) is 0 Å². The van der Waals surface area contributed by atoms with Gasteiger partial charge in [-0.15, -0.1) is 12.4 Å². The molecule has 2 aliphatic heterocycles. The van der Waals surface area contributed by atoms with Crippen LogP contribution in [0.3, 0.4) is 0 Å². The maximum absolute atomic E-state index is 13.4. The number of amides is 1. The molecule has 1 saturated heterocycles. The molecule has 5 rings (SSSR count). The van der Waals surface area contributed by atoms with Crippen molar-refractivity contribution < 1.29 is 4.79 Å². The van der Waals surface area contributed by atoms with Crippen LogP contribution in [0.1, 0.15) is 35.2 Å². The van der Waals surface area contributed by atoms with E-state index in [0.29, 0.717) is 18.6 Å². The van der Waals surface area contributed by atoms with Gasteiger partial charge in [0.1, 0.15) is 0 Å². The Hall–Kier alpha value is -2.56. The van der Waals surface area contributed by atoms with Gasteiger partial charge >= 0.3 is 0 Å². The first-order chi connectivity index (χ1) is 14.2. The number of hydrogen-bond acceptors (Lipinski definition) is 2. The van der Waals surface area contributed by atoms with Crippen molar-refractivity contribution in [3.8, 4) is 0 Å². The van der Waals surface area contributed by atoms with Crippen LogP contribution in [0.2, 0.25) is 0 Å². The Kier molecular flexibility index (Phi) is 5.98. The topological polar surface area (TPSA) is 39.3 Å². The average molecular weight is 422 g/mol. The standard InChI is InChI=1S/C25H27N3O.ClH/c1-27-20-11-12-21(27)16-22(15-20)28(25(29)18-7-3-2-4-8-18)14-13-19-17-26-24-10-6-5-9-23(19)24;/h2-10,15,17,20-21,26H,11-14,16H2,1H3;1H. The molecule has 2 aromatic carbocycles. The van der Waals surface area contributed by atoms with Gasteiger partial charge in [-0.2, -0.15) is 0 Å². The molecule has 0 aliphatic carbocycles.